The van der Waals surface area contributed by atoms with E-state index in [2.05, 4.69) is 9.97 Å². The molecule has 1 aromatic carbocycles. The molecule has 2 aromatic heterocycles. The van der Waals surface area contributed by atoms with Gasteiger partial charge >= 0.3 is 5.97 Å². The number of carbonyl (C=O) groups is 2. The Balaban J connectivity index is 1.83. The van der Waals surface area contributed by atoms with Gasteiger partial charge in [-0.05, 0) is 55.3 Å². The Kier molecular flexibility index (Phi) is 4.76. The zero-order chi connectivity index (χ0) is 20.5. The number of aryl methyl sites for hydroxylation is 2. The fraction of sp³-hybridized carbons (Fsp3) is 0.174. The van der Waals surface area contributed by atoms with Crippen molar-refractivity contribution in [2.24, 2.45) is 0 Å². The minimum Gasteiger partial charge on any atom is -0.465 e. The van der Waals surface area contributed by atoms with Crippen LogP contribution in [-0.2, 0) is 16.1 Å². The SMILES string of the molecule is COC(=O)c1ccc2c(c1)N(Cc1cccnc1)C(=O)/C2=C\c1[nH]c(C)cc1C. The maximum atomic E-state index is 13.3. The van der Waals surface area contributed by atoms with Crippen LogP contribution in [0.25, 0.3) is 11.6 Å². The van der Waals surface area contributed by atoms with E-state index in [4.69, 9.17) is 4.74 Å². The number of benzene rings is 1. The van der Waals surface area contributed by atoms with E-state index in [-0.39, 0.29) is 5.91 Å². The smallest absolute Gasteiger partial charge is 0.337 e. The summed E-state index contributed by atoms with van der Waals surface area (Å²) in [7, 11) is 1.34. The van der Waals surface area contributed by atoms with Crippen LogP contribution in [-0.4, -0.2) is 29.0 Å². The Morgan fingerprint density at radius 1 is 1.24 bits per heavy atom. The molecule has 0 saturated heterocycles. The van der Waals surface area contributed by atoms with E-state index in [0.717, 1.165) is 28.1 Å². The molecule has 4 rings (SSSR count). The second kappa shape index (κ2) is 7.39. The molecule has 3 heterocycles. The summed E-state index contributed by atoms with van der Waals surface area (Å²) >= 11 is 0. The number of carbonyl (C=O) groups excluding carboxylic acids is 2. The van der Waals surface area contributed by atoms with Gasteiger partial charge in [0.25, 0.3) is 5.91 Å². The summed E-state index contributed by atoms with van der Waals surface area (Å²) in [6.07, 6.45) is 5.31. The first-order valence-electron chi connectivity index (χ1n) is 9.29. The average Bonchev–Trinajstić information content (AvgIpc) is 3.18. The number of esters is 1. The molecular weight excluding hydrogens is 366 g/mol. The standard InChI is InChI=1S/C23H21N3O3/c1-14-9-15(2)25-20(14)11-19-18-7-6-17(23(28)29-3)10-21(18)26(22(19)27)13-16-5-4-8-24-12-16/h4-12,25H,13H2,1-3H3/b19-11-. The van der Waals surface area contributed by atoms with Gasteiger partial charge < -0.3 is 14.6 Å². The number of ether oxygens (including phenoxy) is 1. The first-order valence-corrected chi connectivity index (χ1v) is 9.29. The lowest BCUT2D eigenvalue weighted by Gasteiger charge is -2.17. The topological polar surface area (TPSA) is 75.3 Å². The predicted molar refractivity (Wildman–Crippen MR) is 111 cm³/mol. The number of H-pyrrole nitrogens is 1. The first-order chi connectivity index (χ1) is 14.0. The Morgan fingerprint density at radius 2 is 2.07 bits per heavy atom. The third-order valence-electron chi connectivity index (χ3n) is 5.02. The molecule has 1 aliphatic rings. The highest BCUT2D eigenvalue weighted by Crippen LogP contribution is 2.39. The summed E-state index contributed by atoms with van der Waals surface area (Å²) in [6, 6.07) is 11.0. The Bertz CT molecular complexity index is 1130. The molecule has 0 radical (unpaired) electrons. The summed E-state index contributed by atoms with van der Waals surface area (Å²) in [5, 5.41) is 0. The number of fused-ring (bicyclic) bond motifs is 1. The average molecular weight is 387 g/mol. The number of nitrogens with zero attached hydrogens (tertiary/aromatic N) is 2. The number of anilines is 1. The van der Waals surface area contributed by atoms with Crippen molar-refractivity contribution in [3.63, 3.8) is 0 Å². The van der Waals surface area contributed by atoms with Gasteiger partial charge in [-0.1, -0.05) is 12.1 Å². The molecule has 0 atom stereocenters. The zero-order valence-electron chi connectivity index (χ0n) is 16.5. The molecule has 3 aromatic rings. The van der Waals surface area contributed by atoms with Crippen LogP contribution in [0.1, 0.15) is 38.4 Å². The predicted octanol–water partition coefficient (Wildman–Crippen LogP) is 3.90. The Labute approximate surface area is 168 Å². The molecule has 1 aliphatic heterocycles. The van der Waals surface area contributed by atoms with Gasteiger partial charge in [-0.3, -0.25) is 9.78 Å². The fourth-order valence-corrected chi connectivity index (χ4v) is 3.61. The summed E-state index contributed by atoms with van der Waals surface area (Å²) in [6.45, 7) is 4.35. The van der Waals surface area contributed by atoms with Crippen molar-refractivity contribution >= 4 is 29.2 Å². The summed E-state index contributed by atoms with van der Waals surface area (Å²) < 4.78 is 4.85. The van der Waals surface area contributed by atoms with Gasteiger partial charge in [-0.2, -0.15) is 0 Å². The van der Waals surface area contributed by atoms with Crippen LogP contribution in [0.15, 0.2) is 48.8 Å². The Hall–Kier alpha value is -3.67. The van der Waals surface area contributed by atoms with Crippen molar-refractivity contribution in [3.05, 3.63) is 82.4 Å². The molecule has 0 fully saturated rings. The molecule has 0 saturated carbocycles. The third kappa shape index (κ3) is 3.45. The number of pyridine rings is 1. The van der Waals surface area contributed by atoms with Gasteiger partial charge in [-0.25, -0.2) is 4.79 Å². The monoisotopic (exact) mass is 387 g/mol. The zero-order valence-corrected chi connectivity index (χ0v) is 16.5. The van der Waals surface area contributed by atoms with Crippen LogP contribution in [0.3, 0.4) is 0 Å². The van der Waals surface area contributed by atoms with Crippen molar-refractivity contribution in [1.82, 2.24) is 9.97 Å². The van der Waals surface area contributed by atoms with Gasteiger partial charge in [0.05, 0.1) is 30.5 Å². The van der Waals surface area contributed by atoms with Crippen molar-refractivity contribution in [2.45, 2.75) is 20.4 Å². The van der Waals surface area contributed by atoms with Gasteiger partial charge in [0.15, 0.2) is 0 Å². The van der Waals surface area contributed by atoms with Gasteiger partial charge in [0, 0.05) is 29.3 Å². The molecule has 29 heavy (non-hydrogen) atoms. The normalized spacial score (nSPS) is 14.4. The minimum absolute atomic E-state index is 0.113. The van der Waals surface area contributed by atoms with Crippen LogP contribution in [0.4, 0.5) is 5.69 Å². The lowest BCUT2D eigenvalue weighted by atomic mass is 10.0. The van der Waals surface area contributed by atoms with E-state index < -0.39 is 5.97 Å². The maximum absolute atomic E-state index is 13.3. The van der Waals surface area contributed by atoms with Crippen molar-refractivity contribution in [2.75, 3.05) is 12.0 Å². The van der Waals surface area contributed by atoms with Crippen molar-refractivity contribution in [3.8, 4) is 0 Å². The van der Waals surface area contributed by atoms with Crippen molar-refractivity contribution in [1.29, 1.82) is 0 Å². The number of rotatable bonds is 4. The lowest BCUT2D eigenvalue weighted by molar-refractivity contribution is -0.113. The minimum atomic E-state index is -0.435. The molecule has 0 spiro atoms. The van der Waals surface area contributed by atoms with E-state index in [0.29, 0.717) is 23.4 Å². The molecule has 1 amide bonds. The largest absolute Gasteiger partial charge is 0.465 e. The summed E-state index contributed by atoms with van der Waals surface area (Å²) in [4.78, 5) is 34.5. The number of hydrogen-bond acceptors (Lipinski definition) is 4. The number of amides is 1. The van der Waals surface area contributed by atoms with E-state index in [1.807, 2.05) is 38.1 Å². The van der Waals surface area contributed by atoms with Gasteiger partial charge in [-0.15, -0.1) is 0 Å². The number of aromatic amines is 1. The number of aromatic nitrogens is 2. The second-order valence-corrected chi connectivity index (χ2v) is 7.08. The third-order valence-corrected chi connectivity index (χ3v) is 5.02. The van der Waals surface area contributed by atoms with Crippen LogP contribution in [0, 0.1) is 13.8 Å². The highest BCUT2D eigenvalue weighted by molar-refractivity contribution is 6.35. The molecule has 1 N–H and O–H groups in total. The summed E-state index contributed by atoms with van der Waals surface area (Å²) in [5.74, 6) is -0.549. The maximum Gasteiger partial charge on any atom is 0.337 e. The van der Waals surface area contributed by atoms with Gasteiger partial charge in [0.2, 0.25) is 0 Å². The second-order valence-electron chi connectivity index (χ2n) is 7.08. The van der Waals surface area contributed by atoms with E-state index >= 15 is 0 Å². The molecule has 6 nitrogen and oxygen atoms in total. The lowest BCUT2D eigenvalue weighted by Crippen LogP contribution is -2.25. The molecular formula is C23H21N3O3. The van der Waals surface area contributed by atoms with E-state index in [1.165, 1.54) is 7.11 Å². The van der Waals surface area contributed by atoms with E-state index in [9.17, 15) is 9.59 Å². The van der Waals surface area contributed by atoms with Crippen LogP contribution in [0.5, 0.6) is 0 Å². The Morgan fingerprint density at radius 3 is 2.72 bits per heavy atom. The summed E-state index contributed by atoms with van der Waals surface area (Å²) in [5.41, 5.74) is 6.38. The van der Waals surface area contributed by atoms with Crippen LogP contribution < -0.4 is 4.90 Å². The first kappa shape index (κ1) is 18.7. The highest BCUT2D eigenvalue weighted by Gasteiger charge is 2.33. The number of nitrogens with one attached hydrogen (secondary N) is 1. The number of methoxy groups -OCH3 is 1. The van der Waals surface area contributed by atoms with Crippen LogP contribution >= 0.6 is 0 Å². The molecule has 146 valence electrons. The number of hydrogen-bond donors (Lipinski definition) is 1. The quantitative estimate of drug-likeness (QED) is 0.544. The van der Waals surface area contributed by atoms with Crippen LogP contribution in [0.2, 0.25) is 0 Å². The van der Waals surface area contributed by atoms with Gasteiger partial charge in [0.1, 0.15) is 0 Å². The fourth-order valence-electron chi connectivity index (χ4n) is 3.61. The van der Waals surface area contributed by atoms with E-state index in [1.54, 1.807) is 35.5 Å². The highest BCUT2D eigenvalue weighted by atomic mass is 16.5. The molecule has 0 bridgehead atoms. The molecule has 0 aliphatic carbocycles. The molecule has 6 heteroatoms. The van der Waals surface area contributed by atoms with Crippen molar-refractivity contribution < 1.29 is 14.3 Å². The molecule has 0 unspecified atom stereocenters.